The molecule has 1 N–H and O–H groups in total. The Morgan fingerprint density at radius 2 is 2.13 bits per heavy atom. The summed E-state index contributed by atoms with van der Waals surface area (Å²) in [6.07, 6.45) is 1.15. The summed E-state index contributed by atoms with van der Waals surface area (Å²) in [6, 6.07) is 6.59. The second-order valence-electron chi connectivity index (χ2n) is 4.38. The number of hydrogen-bond donors (Lipinski definition) is 1. The first-order chi connectivity index (χ1) is 7.29. The number of rotatable bonds is 0. The van der Waals surface area contributed by atoms with E-state index in [1.165, 1.54) is 27.7 Å². The minimum atomic E-state index is 0.963. The van der Waals surface area contributed by atoms with Crippen LogP contribution in [0.25, 0.3) is 10.9 Å². The molecule has 0 saturated heterocycles. The van der Waals surface area contributed by atoms with Gasteiger partial charge in [-0.3, -0.25) is 5.32 Å². The smallest absolute Gasteiger partial charge is 0.0729 e. The van der Waals surface area contributed by atoms with E-state index >= 15 is 0 Å². The molecule has 2 nitrogen and oxygen atoms in total. The van der Waals surface area contributed by atoms with Gasteiger partial charge >= 0.3 is 0 Å². The third-order valence-electron chi connectivity index (χ3n) is 3.48. The van der Waals surface area contributed by atoms with Gasteiger partial charge in [-0.1, -0.05) is 18.2 Å². The highest BCUT2D eigenvalue weighted by atomic mass is 15.1. The Kier molecular flexibility index (Phi) is 1.86. The lowest BCUT2D eigenvalue weighted by atomic mass is 10.1. The molecule has 0 aliphatic carbocycles. The fourth-order valence-electron chi connectivity index (χ4n) is 2.71. The van der Waals surface area contributed by atoms with Crippen molar-refractivity contribution in [3.05, 3.63) is 35.0 Å². The van der Waals surface area contributed by atoms with Crippen molar-refractivity contribution >= 4 is 10.9 Å². The molecule has 0 atom stereocenters. The van der Waals surface area contributed by atoms with E-state index in [0.29, 0.717) is 0 Å². The molecule has 0 amide bonds. The van der Waals surface area contributed by atoms with Gasteiger partial charge in [0.15, 0.2) is 0 Å². The molecule has 0 bridgehead atoms. The molecular formula is C13H16N2. The number of aromatic nitrogens is 1. The average molecular weight is 200 g/mol. The Labute approximate surface area is 89.9 Å². The highest BCUT2D eigenvalue weighted by molar-refractivity contribution is 5.88. The number of nitrogens with one attached hydrogen (secondary N) is 1. The Balaban J connectivity index is 2.44. The zero-order valence-electron chi connectivity index (χ0n) is 9.30. The van der Waals surface area contributed by atoms with Crippen molar-refractivity contribution in [1.29, 1.82) is 0 Å². The summed E-state index contributed by atoms with van der Waals surface area (Å²) in [4.78, 5) is 0. The molecule has 15 heavy (non-hydrogen) atoms. The van der Waals surface area contributed by atoms with Crippen molar-refractivity contribution in [3.63, 3.8) is 0 Å². The van der Waals surface area contributed by atoms with E-state index in [0.717, 1.165) is 19.6 Å². The molecule has 1 aromatic carbocycles. The second kappa shape index (κ2) is 3.11. The van der Waals surface area contributed by atoms with E-state index in [9.17, 15) is 0 Å². The van der Waals surface area contributed by atoms with Gasteiger partial charge in [-0.25, -0.2) is 0 Å². The summed E-state index contributed by atoms with van der Waals surface area (Å²) in [5.41, 5.74) is 5.77. The summed E-state index contributed by atoms with van der Waals surface area (Å²) in [6.45, 7) is 6.52. The predicted octanol–water partition coefficient (Wildman–Crippen LogP) is 2.36. The van der Waals surface area contributed by atoms with Crippen LogP contribution < -0.4 is 5.32 Å². The standard InChI is InChI=1S/C13H16N2/c1-9-4-3-5-11-10(2)12-6-7-14-8-15(12)13(9)11/h3-5,14H,6-8H2,1-2H3. The van der Waals surface area contributed by atoms with Crippen LogP contribution in [0.15, 0.2) is 18.2 Å². The molecule has 1 aliphatic heterocycles. The van der Waals surface area contributed by atoms with Crippen LogP contribution in [0.1, 0.15) is 16.8 Å². The zero-order valence-corrected chi connectivity index (χ0v) is 9.30. The van der Waals surface area contributed by atoms with Crippen LogP contribution in [0.5, 0.6) is 0 Å². The monoisotopic (exact) mass is 200 g/mol. The lowest BCUT2D eigenvalue weighted by molar-refractivity contribution is 0.504. The zero-order chi connectivity index (χ0) is 10.4. The summed E-state index contributed by atoms with van der Waals surface area (Å²) in [5, 5.41) is 4.86. The van der Waals surface area contributed by atoms with Crippen molar-refractivity contribution in [2.75, 3.05) is 6.54 Å². The van der Waals surface area contributed by atoms with E-state index in [-0.39, 0.29) is 0 Å². The Bertz CT molecular complexity index is 523. The SMILES string of the molecule is Cc1c2n(c3c(C)cccc13)CNCC2. The minimum Gasteiger partial charge on any atom is -0.331 e. The van der Waals surface area contributed by atoms with E-state index in [4.69, 9.17) is 0 Å². The van der Waals surface area contributed by atoms with Gasteiger partial charge in [-0.2, -0.15) is 0 Å². The lowest BCUT2D eigenvalue weighted by Gasteiger charge is -2.18. The van der Waals surface area contributed by atoms with Crippen LogP contribution in [-0.4, -0.2) is 11.1 Å². The second-order valence-corrected chi connectivity index (χ2v) is 4.38. The summed E-state index contributed by atoms with van der Waals surface area (Å²) < 4.78 is 2.43. The number of nitrogens with zero attached hydrogens (tertiary/aromatic N) is 1. The van der Waals surface area contributed by atoms with Gasteiger partial charge in [0.05, 0.1) is 12.2 Å². The topological polar surface area (TPSA) is 17.0 Å². The fraction of sp³-hybridized carbons (Fsp3) is 0.385. The molecule has 2 aromatic rings. The van der Waals surface area contributed by atoms with Crippen LogP contribution in [-0.2, 0) is 13.1 Å². The van der Waals surface area contributed by atoms with Crippen molar-refractivity contribution in [1.82, 2.24) is 9.88 Å². The number of benzene rings is 1. The van der Waals surface area contributed by atoms with Gasteiger partial charge < -0.3 is 4.57 Å². The van der Waals surface area contributed by atoms with Gasteiger partial charge in [0.1, 0.15) is 0 Å². The molecule has 0 unspecified atom stereocenters. The highest BCUT2D eigenvalue weighted by Crippen LogP contribution is 2.29. The fourth-order valence-corrected chi connectivity index (χ4v) is 2.71. The van der Waals surface area contributed by atoms with Crippen molar-refractivity contribution < 1.29 is 0 Å². The van der Waals surface area contributed by atoms with Crippen LogP contribution in [0.4, 0.5) is 0 Å². The maximum Gasteiger partial charge on any atom is 0.0729 e. The maximum absolute atomic E-state index is 3.44. The normalized spacial score (nSPS) is 15.6. The molecule has 0 saturated carbocycles. The van der Waals surface area contributed by atoms with E-state index in [2.05, 4.69) is 41.9 Å². The van der Waals surface area contributed by atoms with Crippen molar-refractivity contribution in [2.45, 2.75) is 26.9 Å². The largest absolute Gasteiger partial charge is 0.331 e. The molecule has 1 aliphatic rings. The number of fused-ring (bicyclic) bond motifs is 3. The third-order valence-corrected chi connectivity index (χ3v) is 3.48. The molecule has 78 valence electrons. The number of para-hydroxylation sites is 1. The molecule has 2 heterocycles. The quantitative estimate of drug-likeness (QED) is 0.691. The molecule has 0 spiro atoms. The van der Waals surface area contributed by atoms with Crippen LogP contribution >= 0.6 is 0 Å². The minimum absolute atomic E-state index is 0.963. The van der Waals surface area contributed by atoms with Gasteiger partial charge in [-0.05, 0) is 25.0 Å². The molecular weight excluding hydrogens is 184 g/mol. The van der Waals surface area contributed by atoms with Gasteiger partial charge in [0.2, 0.25) is 0 Å². The third kappa shape index (κ3) is 1.15. The van der Waals surface area contributed by atoms with Crippen LogP contribution in [0, 0.1) is 13.8 Å². The lowest BCUT2D eigenvalue weighted by Crippen LogP contribution is -2.28. The van der Waals surface area contributed by atoms with Gasteiger partial charge in [0.25, 0.3) is 0 Å². The Morgan fingerprint density at radius 3 is 3.00 bits per heavy atom. The highest BCUT2D eigenvalue weighted by Gasteiger charge is 2.17. The van der Waals surface area contributed by atoms with E-state index in [1.807, 2.05) is 0 Å². The molecule has 3 rings (SSSR count). The summed E-state index contributed by atoms with van der Waals surface area (Å²) in [7, 11) is 0. The predicted molar refractivity (Wildman–Crippen MR) is 63.1 cm³/mol. The van der Waals surface area contributed by atoms with E-state index < -0.39 is 0 Å². The van der Waals surface area contributed by atoms with Crippen molar-refractivity contribution in [3.8, 4) is 0 Å². The first-order valence-electron chi connectivity index (χ1n) is 5.57. The average Bonchev–Trinajstić information content (AvgIpc) is 2.55. The van der Waals surface area contributed by atoms with Crippen LogP contribution in [0.3, 0.4) is 0 Å². The molecule has 0 radical (unpaired) electrons. The number of aryl methyl sites for hydroxylation is 2. The van der Waals surface area contributed by atoms with Crippen molar-refractivity contribution in [2.24, 2.45) is 0 Å². The Hall–Kier alpha value is -1.28. The van der Waals surface area contributed by atoms with E-state index in [1.54, 1.807) is 0 Å². The molecule has 2 heteroatoms. The first kappa shape index (κ1) is 8.98. The maximum atomic E-state index is 3.44. The molecule has 0 fully saturated rings. The molecule has 1 aromatic heterocycles. The summed E-state index contributed by atoms with van der Waals surface area (Å²) in [5.74, 6) is 0. The number of hydrogen-bond acceptors (Lipinski definition) is 1. The van der Waals surface area contributed by atoms with Crippen LogP contribution in [0.2, 0.25) is 0 Å². The first-order valence-corrected chi connectivity index (χ1v) is 5.57. The van der Waals surface area contributed by atoms with Gasteiger partial charge in [-0.15, -0.1) is 0 Å². The summed E-state index contributed by atoms with van der Waals surface area (Å²) >= 11 is 0. The Morgan fingerprint density at radius 1 is 1.27 bits per heavy atom. The van der Waals surface area contributed by atoms with Gasteiger partial charge in [0, 0.05) is 24.0 Å².